The molecule has 0 radical (unpaired) electrons. The Kier molecular flexibility index (Phi) is 5.72. The van der Waals surface area contributed by atoms with Crippen LogP contribution >= 0.6 is 11.8 Å². The highest BCUT2D eigenvalue weighted by Gasteiger charge is 2.42. The minimum absolute atomic E-state index is 0.00192. The molecule has 0 bridgehead atoms. The maximum atomic E-state index is 12.5. The minimum atomic E-state index is -0.640. The summed E-state index contributed by atoms with van der Waals surface area (Å²) in [5, 5.41) is 1.86. The molecule has 7 nitrogen and oxygen atoms in total. The molecular weight excluding hydrogens is 342 g/mol. The van der Waals surface area contributed by atoms with Crippen LogP contribution in [0.2, 0.25) is 0 Å². The number of anilines is 1. The van der Waals surface area contributed by atoms with Crippen LogP contribution in [0.15, 0.2) is 24.3 Å². The van der Waals surface area contributed by atoms with Crippen LogP contribution in [0.5, 0.6) is 0 Å². The summed E-state index contributed by atoms with van der Waals surface area (Å²) in [7, 11) is 0. The van der Waals surface area contributed by atoms with Crippen molar-refractivity contribution in [1.82, 2.24) is 4.90 Å². The fourth-order valence-corrected chi connectivity index (χ4v) is 3.82. The van der Waals surface area contributed by atoms with E-state index >= 15 is 0 Å². The molecule has 2 N–H and O–H groups in total. The van der Waals surface area contributed by atoms with E-state index in [1.165, 1.54) is 4.90 Å². The van der Waals surface area contributed by atoms with Gasteiger partial charge in [-0.3, -0.25) is 14.4 Å². The normalized spacial score (nSPS) is 21.6. The predicted molar refractivity (Wildman–Crippen MR) is 94.4 cm³/mol. The van der Waals surface area contributed by atoms with Gasteiger partial charge in [-0.15, -0.1) is 0 Å². The average Bonchev–Trinajstić information content (AvgIpc) is 2.85. The van der Waals surface area contributed by atoms with Gasteiger partial charge in [0.25, 0.3) is 5.24 Å². The Hall–Kier alpha value is -1.90. The number of thioether (sulfide) groups is 1. The number of ether oxygens (including phenoxy) is 1. The lowest BCUT2D eigenvalue weighted by Crippen LogP contribution is -3.15. The van der Waals surface area contributed by atoms with Gasteiger partial charge in [0.2, 0.25) is 11.8 Å². The summed E-state index contributed by atoms with van der Waals surface area (Å²) in [6.45, 7) is 5.16. The number of nitrogens with one attached hydrogen (secondary N) is 2. The van der Waals surface area contributed by atoms with E-state index in [0.29, 0.717) is 25.6 Å². The molecule has 2 fully saturated rings. The Morgan fingerprint density at radius 2 is 1.96 bits per heavy atom. The van der Waals surface area contributed by atoms with E-state index in [-0.39, 0.29) is 23.5 Å². The molecule has 0 saturated carbocycles. The molecule has 3 amide bonds. The number of nitrogens with zero attached hydrogens (tertiary/aromatic N) is 1. The van der Waals surface area contributed by atoms with Crippen molar-refractivity contribution in [3.8, 4) is 0 Å². The molecule has 2 aliphatic rings. The molecule has 25 heavy (non-hydrogen) atoms. The van der Waals surface area contributed by atoms with Crippen LogP contribution in [0.25, 0.3) is 0 Å². The molecule has 0 aliphatic carbocycles. The Balaban J connectivity index is 1.54. The number of carbonyl (C=O) groups excluding carboxylic acids is 3. The zero-order valence-electron chi connectivity index (χ0n) is 14.1. The number of hydrogen-bond donors (Lipinski definition) is 2. The third-order valence-corrected chi connectivity index (χ3v) is 5.37. The van der Waals surface area contributed by atoms with Gasteiger partial charge >= 0.3 is 0 Å². The first-order valence-corrected chi connectivity index (χ1v) is 9.21. The second kappa shape index (κ2) is 7.99. The molecule has 1 aromatic rings. The second-order valence-electron chi connectivity index (χ2n) is 6.28. The molecule has 0 spiro atoms. The number of morpholine rings is 1. The Bertz CT molecular complexity index is 658. The smallest absolute Gasteiger partial charge is 0.293 e. The molecule has 1 aromatic carbocycles. The topological polar surface area (TPSA) is 80.2 Å². The summed E-state index contributed by atoms with van der Waals surface area (Å²) in [5.74, 6) is -0.531. The van der Waals surface area contributed by atoms with Gasteiger partial charge in [0.1, 0.15) is 18.3 Å². The number of aryl methyl sites for hydroxylation is 1. The van der Waals surface area contributed by atoms with E-state index in [1.807, 2.05) is 31.2 Å². The van der Waals surface area contributed by atoms with Crippen molar-refractivity contribution in [2.75, 3.05) is 38.3 Å². The van der Waals surface area contributed by atoms with E-state index in [2.05, 4.69) is 5.32 Å². The lowest BCUT2D eigenvalue weighted by atomic mass is 10.2. The van der Waals surface area contributed by atoms with E-state index in [9.17, 15) is 14.4 Å². The summed E-state index contributed by atoms with van der Waals surface area (Å²) in [6, 6.07) is 7.44. The first kappa shape index (κ1) is 17.9. The predicted octanol–water partition coefficient (Wildman–Crippen LogP) is 0.260. The lowest BCUT2D eigenvalue weighted by molar-refractivity contribution is -0.915. The summed E-state index contributed by atoms with van der Waals surface area (Å²) < 4.78 is 5.29. The van der Waals surface area contributed by atoms with Gasteiger partial charge in [-0.2, -0.15) is 0 Å². The van der Waals surface area contributed by atoms with Crippen LogP contribution < -0.4 is 10.2 Å². The fraction of sp³-hybridized carbons (Fsp3) is 0.471. The Labute approximate surface area is 150 Å². The standard InChI is InChI=1S/C17H21N3O4S/c1-12-2-4-13(5-3-12)18-15(21)10-14-16(22)20(17(23)25-14)11-19-6-8-24-9-7-19/h2-5,14H,6-11H2,1H3,(H,18,21)/p+1/t14-/m1/s1. The number of amides is 3. The number of quaternary nitrogens is 1. The number of rotatable bonds is 5. The van der Waals surface area contributed by atoms with Crippen LogP contribution in [0, 0.1) is 6.92 Å². The number of carbonyl (C=O) groups is 3. The monoisotopic (exact) mass is 364 g/mol. The first-order chi connectivity index (χ1) is 12.0. The molecule has 134 valence electrons. The van der Waals surface area contributed by atoms with Gasteiger partial charge in [-0.1, -0.05) is 29.5 Å². The summed E-state index contributed by atoms with van der Waals surface area (Å²) in [4.78, 5) is 39.2. The van der Waals surface area contributed by atoms with Crippen molar-refractivity contribution in [3.63, 3.8) is 0 Å². The van der Waals surface area contributed by atoms with Gasteiger partial charge in [-0.25, -0.2) is 4.90 Å². The van der Waals surface area contributed by atoms with Crippen molar-refractivity contribution in [1.29, 1.82) is 0 Å². The maximum absolute atomic E-state index is 12.5. The van der Waals surface area contributed by atoms with Crippen LogP contribution in [0.3, 0.4) is 0 Å². The number of benzene rings is 1. The molecule has 1 atom stereocenters. The van der Waals surface area contributed by atoms with Crippen molar-refractivity contribution < 1.29 is 24.0 Å². The van der Waals surface area contributed by atoms with Gasteiger partial charge in [0.15, 0.2) is 6.67 Å². The SMILES string of the molecule is Cc1ccc(NC(=O)C[C@H]2SC(=O)N(C[NH+]3CCOCC3)C2=O)cc1. The number of hydrogen-bond acceptors (Lipinski definition) is 5. The van der Waals surface area contributed by atoms with Gasteiger partial charge in [-0.05, 0) is 19.1 Å². The zero-order valence-corrected chi connectivity index (χ0v) is 14.9. The van der Waals surface area contributed by atoms with Crippen LogP contribution in [0.4, 0.5) is 10.5 Å². The van der Waals surface area contributed by atoms with E-state index in [1.54, 1.807) is 0 Å². The molecule has 3 rings (SSSR count). The van der Waals surface area contributed by atoms with E-state index in [0.717, 1.165) is 35.3 Å². The van der Waals surface area contributed by atoms with Crippen LogP contribution in [0.1, 0.15) is 12.0 Å². The summed E-state index contributed by atoms with van der Waals surface area (Å²) in [5.41, 5.74) is 1.79. The lowest BCUT2D eigenvalue weighted by Gasteiger charge is -2.26. The van der Waals surface area contributed by atoms with Gasteiger partial charge in [0.05, 0.1) is 13.2 Å². The Morgan fingerprint density at radius 1 is 1.28 bits per heavy atom. The average molecular weight is 364 g/mol. The third kappa shape index (κ3) is 4.59. The van der Waals surface area contributed by atoms with Crippen LogP contribution in [-0.2, 0) is 14.3 Å². The minimum Gasteiger partial charge on any atom is -0.370 e. The number of imide groups is 1. The summed E-state index contributed by atoms with van der Waals surface area (Å²) >= 11 is 0.944. The third-order valence-electron chi connectivity index (χ3n) is 4.29. The molecule has 8 heteroatoms. The molecule has 2 saturated heterocycles. The zero-order chi connectivity index (χ0) is 17.8. The first-order valence-electron chi connectivity index (χ1n) is 8.33. The Morgan fingerprint density at radius 3 is 2.64 bits per heavy atom. The largest absolute Gasteiger partial charge is 0.370 e. The van der Waals surface area contributed by atoms with Gasteiger partial charge in [0, 0.05) is 12.1 Å². The highest BCUT2D eigenvalue weighted by molar-refractivity contribution is 8.15. The quantitative estimate of drug-likeness (QED) is 0.784. The van der Waals surface area contributed by atoms with Crippen molar-refractivity contribution in [3.05, 3.63) is 29.8 Å². The van der Waals surface area contributed by atoms with Crippen molar-refractivity contribution >= 4 is 34.5 Å². The molecule has 2 heterocycles. The van der Waals surface area contributed by atoms with Gasteiger partial charge < -0.3 is 15.0 Å². The van der Waals surface area contributed by atoms with E-state index < -0.39 is 5.25 Å². The highest BCUT2D eigenvalue weighted by Crippen LogP contribution is 2.28. The van der Waals surface area contributed by atoms with Crippen molar-refractivity contribution in [2.24, 2.45) is 0 Å². The van der Waals surface area contributed by atoms with Crippen LogP contribution in [-0.4, -0.2) is 60.2 Å². The molecule has 0 aromatic heterocycles. The molecule has 0 unspecified atom stereocenters. The maximum Gasteiger partial charge on any atom is 0.293 e. The van der Waals surface area contributed by atoms with Crippen molar-refractivity contribution in [2.45, 2.75) is 18.6 Å². The molecule has 2 aliphatic heterocycles. The van der Waals surface area contributed by atoms with E-state index in [4.69, 9.17) is 4.74 Å². The second-order valence-corrected chi connectivity index (χ2v) is 7.43. The molecular formula is C17H22N3O4S+. The fourth-order valence-electron chi connectivity index (χ4n) is 2.83. The highest BCUT2D eigenvalue weighted by atomic mass is 32.2. The summed E-state index contributed by atoms with van der Waals surface area (Å²) in [6.07, 6.45) is -0.00192.